The minimum Gasteiger partial charge on any atom is -0.445 e. The molecule has 1 amide bonds. The first kappa shape index (κ1) is 16.8. The highest BCUT2D eigenvalue weighted by molar-refractivity contribution is 7.17. The van der Waals surface area contributed by atoms with Gasteiger partial charge in [0.25, 0.3) is 0 Å². The normalized spacial score (nSPS) is 10.7. The Labute approximate surface area is 156 Å². The van der Waals surface area contributed by atoms with Crippen molar-refractivity contribution in [3.8, 4) is 22.2 Å². The molecule has 0 radical (unpaired) electrons. The van der Waals surface area contributed by atoms with Crippen molar-refractivity contribution in [1.82, 2.24) is 29.5 Å². The Kier molecular flexibility index (Phi) is 4.34. The maximum Gasteiger partial charge on any atom is 0.348 e. The molecule has 0 aliphatic carbocycles. The lowest BCUT2D eigenvalue weighted by Crippen LogP contribution is -2.19. The smallest absolute Gasteiger partial charge is 0.348 e. The number of rotatable bonds is 4. The number of halogens is 1. The number of nitrogens with zero attached hydrogens (tertiary/aromatic N) is 6. The van der Waals surface area contributed by atoms with Gasteiger partial charge in [-0.25, -0.2) is 23.8 Å². The number of hydrogen-bond acceptors (Lipinski definition) is 7. The SMILES string of the molecule is Cn1ncnc1-c1cnn(C(=O)Nc2ncc(Oc3cccc(F)c3)s2)c1. The van der Waals surface area contributed by atoms with Gasteiger partial charge in [-0.3, -0.25) is 5.32 Å². The molecule has 0 saturated carbocycles. The summed E-state index contributed by atoms with van der Waals surface area (Å²) in [7, 11) is 1.75. The van der Waals surface area contributed by atoms with Crippen LogP contribution in [0.3, 0.4) is 0 Å². The van der Waals surface area contributed by atoms with E-state index in [9.17, 15) is 9.18 Å². The van der Waals surface area contributed by atoms with Gasteiger partial charge in [0.05, 0.1) is 18.0 Å². The Balaban J connectivity index is 1.44. The van der Waals surface area contributed by atoms with Crippen molar-refractivity contribution in [1.29, 1.82) is 0 Å². The zero-order valence-corrected chi connectivity index (χ0v) is 14.7. The summed E-state index contributed by atoms with van der Waals surface area (Å²) in [5.74, 6) is 0.536. The predicted molar refractivity (Wildman–Crippen MR) is 95.2 cm³/mol. The third kappa shape index (κ3) is 3.67. The zero-order chi connectivity index (χ0) is 18.8. The minimum absolute atomic E-state index is 0.321. The van der Waals surface area contributed by atoms with E-state index in [1.807, 2.05) is 0 Å². The van der Waals surface area contributed by atoms with E-state index in [1.54, 1.807) is 23.9 Å². The lowest BCUT2D eigenvalue weighted by Gasteiger charge is -2.02. The standard InChI is InChI=1S/C16H12FN7O2S/c1-23-14(19-9-21-23)10-6-20-24(8-10)16(25)22-15-18-7-13(27-15)26-12-4-2-3-11(17)5-12/h2-9H,1H3,(H,18,22,25). The van der Waals surface area contributed by atoms with Crippen LogP contribution >= 0.6 is 11.3 Å². The van der Waals surface area contributed by atoms with E-state index in [-0.39, 0.29) is 0 Å². The molecule has 4 aromatic rings. The number of aromatic nitrogens is 6. The summed E-state index contributed by atoms with van der Waals surface area (Å²) in [6.07, 6.45) is 5.92. The van der Waals surface area contributed by atoms with E-state index in [0.717, 1.165) is 16.0 Å². The fourth-order valence-corrected chi connectivity index (χ4v) is 2.94. The van der Waals surface area contributed by atoms with Crippen LogP contribution in [-0.2, 0) is 7.05 Å². The molecule has 11 heteroatoms. The quantitative estimate of drug-likeness (QED) is 0.579. The molecule has 1 aromatic carbocycles. The number of carbonyl (C=O) groups is 1. The maximum absolute atomic E-state index is 13.2. The van der Waals surface area contributed by atoms with E-state index < -0.39 is 11.8 Å². The molecule has 27 heavy (non-hydrogen) atoms. The van der Waals surface area contributed by atoms with Crippen LogP contribution in [0.25, 0.3) is 11.4 Å². The molecule has 0 aliphatic rings. The second-order valence-electron chi connectivity index (χ2n) is 5.35. The second-order valence-corrected chi connectivity index (χ2v) is 6.35. The molecule has 0 saturated heterocycles. The Morgan fingerprint density at radius 1 is 1.26 bits per heavy atom. The van der Waals surface area contributed by atoms with Crippen molar-refractivity contribution >= 4 is 22.5 Å². The fraction of sp³-hybridized carbons (Fsp3) is 0.0625. The maximum atomic E-state index is 13.2. The van der Waals surface area contributed by atoms with E-state index in [2.05, 4.69) is 25.5 Å². The van der Waals surface area contributed by atoms with Gasteiger partial charge in [-0.2, -0.15) is 14.9 Å². The van der Waals surface area contributed by atoms with E-state index in [1.165, 1.54) is 37.1 Å². The summed E-state index contributed by atoms with van der Waals surface area (Å²) >= 11 is 1.11. The molecule has 3 heterocycles. The van der Waals surface area contributed by atoms with E-state index in [0.29, 0.717) is 27.3 Å². The van der Waals surface area contributed by atoms with Gasteiger partial charge in [0.15, 0.2) is 11.0 Å². The van der Waals surface area contributed by atoms with Crippen LogP contribution in [0, 0.1) is 5.82 Å². The van der Waals surface area contributed by atoms with Gasteiger partial charge in [0.1, 0.15) is 17.9 Å². The molecular formula is C16H12FN7O2S. The number of aryl methyl sites for hydroxylation is 1. The van der Waals surface area contributed by atoms with Crippen LogP contribution < -0.4 is 10.1 Å². The second kappa shape index (κ2) is 6.96. The van der Waals surface area contributed by atoms with Crippen LogP contribution in [0.5, 0.6) is 10.8 Å². The van der Waals surface area contributed by atoms with Gasteiger partial charge in [-0.15, -0.1) is 0 Å². The van der Waals surface area contributed by atoms with Gasteiger partial charge in [-0.05, 0) is 12.1 Å². The molecule has 1 N–H and O–H groups in total. The fourth-order valence-electron chi connectivity index (χ4n) is 2.27. The van der Waals surface area contributed by atoms with Crippen LogP contribution in [0.1, 0.15) is 0 Å². The van der Waals surface area contributed by atoms with Crippen molar-refractivity contribution in [2.45, 2.75) is 0 Å². The number of benzene rings is 1. The topological polar surface area (TPSA) is 99.8 Å². The first-order valence-corrected chi connectivity index (χ1v) is 8.50. The molecule has 0 bridgehead atoms. The summed E-state index contributed by atoms with van der Waals surface area (Å²) in [6.45, 7) is 0. The number of thiazole rings is 1. The number of amides is 1. The van der Waals surface area contributed by atoms with Crippen molar-refractivity contribution in [2.75, 3.05) is 5.32 Å². The van der Waals surface area contributed by atoms with Crippen molar-refractivity contribution < 1.29 is 13.9 Å². The Morgan fingerprint density at radius 3 is 2.93 bits per heavy atom. The van der Waals surface area contributed by atoms with Crippen LogP contribution in [0.4, 0.5) is 14.3 Å². The van der Waals surface area contributed by atoms with Crippen LogP contribution in [0.2, 0.25) is 0 Å². The van der Waals surface area contributed by atoms with Gasteiger partial charge in [-0.1, -0.05) is 17.4 Å². The lowest BCUT2D eigenvalue weighted by atomic mass is 10.3. The first-order chi connectivity index (χ1) is 13.1. The van der Waals surface area contributed by atoms with Gasteiger partial charge >= 0.3 is 6.03 Å². The number of nitrogens with one attached hydrogen (secondary N) is 1. The predicted octanol–water partition coefficient (Wildman–Crippen LogP) is 3.15. The van der Waals surface area contributed by atoms with E-state index >= 15 is 0 Å². The monoisotopic (exact) mass is 385 g/mol. The summed E-state index contributed by atoms with van der Waals surface area (Å²) in [5.41, 5.74) is 0.652. The highest BCUT2D eigenvalue weighted by Gasteiger charge is 2.13. The minimum atomic E-state index is -0.491. The van der Waals surface area contributed by atoms with Crippen molar-refractivity contribution in [2.24, 2.45) is 7.05 Å². The summed E-state index contributed by atoms with van der Waals surface area (Å²) in [6, 6.07) is 5.26. The lowest BCUT2D eigenvalue weighted by molar-refractivity contribution is 0.251. The molecule has 0 spiro atoms. The molecule has 136 valence electrons. The average Bonchev–Trinajstić information content (AvgIpc) is 3.36. The molecule has 0 atom stereocenters. The Hall–Kier alpha value is -3.60. The molecule has 0 fully saturated rings. The zero-order valence-electron chi connectivity index (χ0n) is 13.9. The Bertz CT molecular complexity index is 1100. The number of anilines is 1. The number of hydrogen-bond donors (Lipinski definition) is 1. The highest BCUT2D eigenvalue weighted by Crippen LogP contribution is 2.30. The van der Waals surface area contributed by atoms with Crippen LogP contribution in [-0.4, -0.2) is 35.6 Å². The molecule has 9 nitrogen and oxygen atoms in total. The average molecular weight is 385 g/mol. The third-order valence-corrected chi connectivity index (χ3v) is 4.26. The van der Waals surface area contributed by atoms with Crippen molar-refractivity contribution in [3.63, 3.8) is 0 Å². The van der Waals surface area contributed by atoms with Gasteiger partial charge in [0.2, 0.25) is 5.06 Å². The summed E-state index contributed by atoms with van der Waals surface area (Å²) in [5, 5.41) is 11.4. The van der Waals surface area contributed by atoms with Gasteiger partial charge in [0, 0.05) is 19.3 Å². The Morgan fingerprint density at radius 2 is 2.15 bits per heavy atom. The summed E-state index contributed by atoms with van der Waals surface area (Å²) < 4.78 is 21.4. The van der Waals surface area contributed by atoms with Gasteiger partial charge < -0.3 is 4.74 Å². The first-order valence-electron chi connectivity index (χ1n) is 7.68. The number of carbonyl (C=O) groups excluding carboxylic acids is 1. The largest absolute Gasteiger partial charge is 0.445 e. The highest BCUT2D eigenvalue weighted by atomic mass is 32.1. The molecule has 3 aromatic heterocycles. The third-order valence-electron chi connectivity index (χ3n) is 3.47. The van der Waals surface area contributed by atoms with Crippen LogP contribution in [0.15, 0.2) is 49.2 Å². The van der Waals surface area contributed by atoms with Crippen molar-refractivity contribution in [3.05, 3.63) is 55.0 Å². The number of ether oxygens (including phenoxy) is 1. The van der Waals surface area contributed by atoms with E-state index in [4.69, 9.17) is 4.74 Å². The molecule has 4 rings (SSSR count). The molecular weight excluding hydrogens is 373 g/mol. The molecule has 0 unspecified atom stereocenters. The summed E-state index contributed by atoms with van der Waals surface area (Å²) in [4.78, 5) is 20.5. The molecule has 0 aliphatic heterocycles.